The van der Waals surface area contributed by atoms with Gasteiger partial charge in [0.15, 0.2) is 0 Å². The molecule has 0 radical (unpaired) electrons. The molecule has 0 spiro atoms. The van der Waals surface area contributed by atoms with Gasteiger partial charge >= 0.3 is 0 Å². The molecule has 2 aliphatic heterocycles. The quantitative estimate of drug-likeness (QED) is 0.845. The van der Waals surface area contributed by atoms with Crippen molar-refractivity contribution in [2.24, 2.45) is 11.8 Å². The van der Waals surface area contributed by atoms with Gasteiger partial charge in [0.05, 0.1) is 18.2 Å². The Morgan fingerprint density at radius 1 is 1.11 bits per heavy atom. The van der Waals surface area contributed by atoms with E-state index in [9.17, 15) is 9.59 Å². The van der Waals surface area contributed by atoms with Gasteiger partial charge in [-0.05, 0) is 63.6 Å². The fourth-order valence-electron chi connectivity index (χ4n) is 4.61. The molecule has 1 aliphatic carbocycles. The fraction of sp³-hybridized carbons (Fsp3) is 0.682. The van der Waals surface area contributed by atoms with Crippen LogP contribution in [0.3, 0.4) is 0 Å². The van der Waals surface area contributed by atoms with Gasteiger partial charge in [0.25, 0.3) is 0 Å². The Morgan fingerprint density at radius 2 is 1.89 bits per heavy atom. The average Bonchev–Trinajstić information content (AvgIpc) is 3.58. The van der Waals surface area contributed by atoms with Crippen molar-refractivity contribution in [3.8, 4) is 0 Å². The lowest BCUT2D eigenvalue weighted by Gasteiger charge is -2.42. The molecule has 152 valence electrons. The third-order valence-corrected chi connectivity index (χ3v) is 6.59. The van der Waals surface area contributed by atoms with Gasteiger partial charge < -0.3 is 10.2 Å². The summed E-state index contributed by atoms with van der Waals surface area (Å²) in [5, 5.41) is 3.09. The molecule has 2 saturated heterocycles. The Balaban J connectivity index is 1.25. The maximum Gasteiger partial charge on any atom is 0.225 e. The maximum absolute atomic E-state index is 12.7. The summed E-state index contributed by atoms with van der Waals surface area (Å²) in [6.07, 6.45) is 8.06. The van der Waals surface area contributed by atoms with Crippen LogP contribution in [0.2, 0.25) is 0 Å². The van der Waals surface area contributed by atoms with Gasteiger partial charge in [-0.25, -0.2) is 0 Å². The van der Waals surface area contributed by atoms with E-state index < -0.39 is 0 Å². The predicted octanol–water partition coefficient (Wildman–Crippen LogP) is 2.12. The Hall–Kier alpha value is -1.95. The van der Waals surface area contributed by atoms with Gasteiger partial charge in [-0.15, -0.1) is 0 Å². The number of aromatic nitrogens is 1. The molecule has 1 atom stereocenters. The zero-order valence-corrected chi connectivity index (χ0v) is 16.9. The summed E-state index contributed by atoms with van der Waals surface area (Å²) in [4.78, 5) is 33.9. The van der Waals surface area contributed by atoms with Gasteiger partial charge in [-0.2, -0.15) is 0 Å². The summed E-state index contributed by atoms with van der Waals surface area (Å²) < 4.78 is 0. The van der Waals surface area contributed by atoms with E-state index in [1.54, 1.807) is 6.20 Å². The molecule has 1 saturated carbocycles. The Kier molecular flexibility index (Phi) is 5.95. The number of pyridine rings is 1. The van der Waals surface area contributed by atoms with Crippen LogP contribution in [0, 0.1) is 18.8 Å². The normalized spacial score (nSPS) is 24.2. The highest BCUT2D eigenvalue weighted by atomic mass is 16.2. The largest absolute Gasteiger partial charge is 0.350 e. The summed E-state index contributed by atoms with van der Waals surface area (Å²) in [6.45, 7) is 6.21. The first-order valence-corrected chi connectivity index (χ1v) is 10.8. The van der Waals surface area contributed by atoms with Gasteiger partial charge in [0.1, 0.15) is 0 Å². The number of carbonyl (C=O) groups excluding carboxylic acids is 2. The van der Waals surface area contributed by atoms with Crippen LogP contribution in [0.25, 0.3) is 0 Å². The SMILES string of the molecule is Cc1cccnc1CNC(=O)[C@@H]1CCCN(C2CCN(C(=O)C3CC3)CC2)C1. The molecule has 3 aliphatic rings. The minimum atomic E-state index is 0.0592. The highest BCUT2D eigenvalue weighted by molar-refractivity contribution is 5.81. The van der Waals surface area contributed by atoms with E-state index in [1.165, 1.54) is 0 Å². The molecule has 1 aromatic heterocycles. The smallest absolute Gasteiger partial charge is 0.225 e. The zero-order chi connectivity index (χ0) is 19.5. The van der Waals surface area contributed by atoms with E-state index in [1.807, 2.05) is 19.1 Å². The third kappa shape index (κ3) is 4.54. The molecule has 6 nitrogen and oxygen atoms in total. The number of hydrogen-bond acceptors (Lipinski definition) is 4. The Labute approximate surface area is 167 Å². The van der Waals surface area contributed by atoms with Crippen molar-refractivity contribution in [1.29, 1.82) is 0 Å². The first-order chi connectivity index (χ1) is 13.6. The van der Waals surface area contributed by atoms with Crippen LogP contribution in [0.1, 0.15) is 49.8 Å². The molecule has 1 aromatic rings. The highest BCUT2D eigenvalue weighted by Gasteiger charge is 2.37. The second-order valence-electron chi connectivity index (χ2n) is 8.65. The minimum Gasteiger partial charge on any atom is -0.350 e. The van der Waals surface area contributed by atoms with E-state index >= 15 is 0 Å². The van der Waals surface area contributed by atoms with Crippen molar-refractivity contribution in [2.45, 2.75) is 58.0 Å². The van der Waals surface area contributed by atoms with E-state index in [0.717, 1.165) is 76.0 Å². The first kappa shape index (κ1) is 19.4. The summed E-state index contributed by atoms with van der Waals surface area (Å²) in [6, 6.07) is 4.46. The number of aryl methyl sites for hydroxylation is 1. The summed E-state index contributed by atoms with van der Waals surface area (Å²) >= 11 is 0. The van der Waals surface area contributed by atoms with Crippen molar-refractivity contribution in [2.75, 3.05) is 26.2 Å². The number of likely N-dealkylation sites (tertiary alicyclic amines) is 2. The molecule has 6 heteroatoms. The second kappa shape index (κ2) is 8.60. The maximum atomic E-state index is 12.7. The summed E-state index contributed by atoms with van der Waals surface area (Å²) in [5.41, 5.74) is 2.05. The molecule has 28 heavy (non-hydrogen) atoms. The van der Waals surface area contributed by atoms with Crippen molar-refractivity contribution in [3.63, 3.8) is 0 Å². The number of rotatable bonds is 5. The van der Waals surface area contributed by atoms with Crippen LogP contribution in [0.4, 0.5) is 0 Å². The molecular formula is C22H32N4O2. The lowest BCUT2D eigenvalue weighted by molar-refractivity contribution is -0.134. The molecule has 0 aromatic carbocycles. The molecule has 0 unspecified atom stereocenters. The topological polar surface area (TPSA) is 65.5 Å². The number of amides is 2. The molecule has 0 bridgehead atoms. The Morgan fingerprint density at radius 3 is 2.61 bits per heavy atom. The summed E-state index contributed by atoms with van der Waals surface area (Å²) in [7, 11) is 0. The van der Waals surface area contributed by atoms with E-state index in [4.69, 9.17) is 0 Å². The summed E-state index contributed by atoms with van der Waals surface area (Å²) in [5.74, 6) is 0.904. The van der Waals surface area contributed by atoms with Crippen LogP contribution < -0.4 is 5.32 Å². The third-order valence-electron chi connectivity index (χ3n) is 6.59. The first-order valence-electron chi connectivity index (χ1n) is 10.8. The number of nitrogens with zero attached hydrogens (tertiary/aromatic N) is 3. The monoisotopic (exact) mass is 384 g/mol. The van der Waals surface area contributed by atoms with Crippen molar-refractivity contribution in [1.82, 2.24) is 20.1 Å². The van der Waals surface area contributed by atoms with E-state index in [-0.39, 0.29) is 11.8 Å². The van der Waals surface area contributed by atoms with Crippen molar-refractivity contribution < 1.29 is 9.59 Å². The molecule has 2 amide bonds. The lowest BCUT2D eigenvalue weighted by Crippen LogP contribution is -2.51. The van der Waals surface area contributed by atoms with Crippen LogP contribution in [0.5, 0.6) is 0 Å². The lowest BCUT2D eigenvalue weighted by atomic mass is 9.93. The highest BCUT2D eigenvalue weighted by Crippen LogP contribution is 2.32. The van der Waals surface area contributed by atoms with Crippen LogP contribution in [-0.4, -0.2) is 58.8 Å². The van der Waals surface area contributed by atoms with Crippen molar-refractivity contribution >= 4 is 11.8 Å². The van der Waals surface area contributed by atoms with Gasteiger partial charge in [-0.1, -0.05) is 6.07 Å². The molecule has 3 heterocycles. The van der Waals surface area contributed by atoms with Crippen LogP contribution in [-0.2, 0) is 16.1 Å². The molecular weight excluding hydrogens is 352 g/mol. The molecule has 1 N–H and O–H groups in total. The average molecular weight is 385 g/mol. The van der Waals surface area contributed by atoms with Gasteiger partial charge in [0.2, 0.25) is 11.8 Å². The number of hydrogen-bond donors (Lipinski definition) is 1. The second-order valence-corrected chi connectivity index (χ2v) is 8.65. The van der Waals surface area contributed by atoms with Gasteiger partial charge in [-0.3, -0.25) is 19.5 Å². The molecule has 3 fully saturated rings. The van der Waals surface area contributed by atoms with Crippen LogP contribution in [0.15, 0.2) is 18.3 Å². The number of carbonyl (C=O) groups is 2. The Bertz CT molecular complexity index is 710. The zero-order valence-electron chi connectivity index (χ0n) is 16.9. The van der Waals surface area contributed by atoms with E-state index in [2.05, 4.69) is 20.1 Å². The van der Waals surface area contributed by atoms with Crippen LogP contribution >= 0.6 is 0 Å². The number of nitrogens with one attached hydrogen (secondary N) is 1. The van der Waals surface area contributed by atoms with E-state index in [0.29, 0.717) is 24.4 Å². The van der Waals surface area contributed by atoms with Crippen molar-refractivity contribution in [3.05, 3.63) is 29.6 Å². The molecule has 4 rings (SSSR count). The number of piperidine rings is 2. The van der Waals surface area contributed by atoms with Gasteiger partial charge in [0, 0.05) is 37.8 Å². The predicted molar refractivity (Wildman–Crippen MR) is 107 cm³/mol. The minimum absolute atomic E-state index is 0.0592. The fourth-order valence-corrected chi connectivity index (χ4v) is 4.61. The standard InChI is InChI=1S/C22H32N4O2/c1-16-4-2-10-23-20(16)14-24-21(27)18-5-3-11-26(15-18)19-8-12-25(13-9-19)22(28)17-6-7-17/h2,4,10,17-19H,3,5-9,11-15H2,1H3,(H,24,27)/t18-/m1/s1.